The van der Waals surface area contributed by atoms with E-state index in [-0.39, 0.29) is 13.2 Å². The highest BCUT2D eigenvalue weighted by molar-refractivity contribution is 5.69. The number of esters is 5. The molecule has 0 saturated carbocycles. The minimum absolute atomic E-state index is 0.238. The molecule has 0 radical (unpaired) electrons. The van der Waals surface area contributed by atoms with Crippen molar-refractivity contribution in [2.45, 2.75) is 65.1 Å². The maximum Gasteiger partial charge on any atom is 0.303 e. The van der Waals surface area contributed by atoms with E-state index in [2.05, 4.69) is 0 Å². The topological polar surface area (TPSA) is 141 Å². The van der Waals surface area contributed by atoms with Crippen molar-refractivity contribution in [1.29, 1.82) is 0 Å². The molecule has 4 unspecified atom stereocenters. The molecule has 28 heavy (non-hydrogen) atoms. The molecular formula is C17H24O11. The summed E-state index contributed by atoms with van der Waals surface area (Å²) in [6.07, 6.45) is -5.89. The van der Waals surface area contributed by atoms with Gasteiger partial charge in [0.15, 0.2) is 24.4 Å². The van der Waals surface area contributed by atoms with Gasteiger partial charge in [-0.15, -0.1) is 0 Å². The van der Waals surface area contributed by atoms with Gasteiger partial charge in [0.25, 0.3) is 0 Å². The first-order valence-corrected chi connectivity index (χ1v) is 8.45. The van der Waals surface area contributed by atoms with E-state index in [1.807, 2.05) is 0 Å². The fourth-order valence-electron chi connectivity index (χ4n) is 2.70. The molecule has 158 valence electrons. The van der Waals surface area contributed by atoms with Crippen molar-refractivity contribution in [2.75, 3.05) is 13.2 Å². The van der Waals surface area contributed by atoms with Crippen molar-refractivity contribution >= 4 is 29.8 Å². The van der Waals surface area contributed by atoms with Gasteiger partial charge in [-0.2, -0.15) is 0 Å². The van der Waals surface area contributed by atoms with Crippen LogP contribution in [0.2, 0.25) is 0 Å². The van der Waals surface area contributed by atoms with E-state index in [1.54, 1.807) is 0 Å². The molecule has 1 aliphatic heterocycles. The average molecular weight is 404 g/mol. The van der Waals surface area contributed by atoms with Crippen LogP contribution in [-0.4, -0.2) is 73.6 Å². The Kier molecular flexibility index (Phi) is 8.83. The molecule has 1 aliphatic rings. The molecular weight excluding hydrogens is 380 g/mol. The molecule has 0 amide bonds. The van der Waals surface area contributed by atoms with Crippen LogP contribution in [0.1, 0.15) is 34.6 Å². The molecule has 1 fully saturated rings. The van der Waals surface area contributed by atoms with Crippen molar-refractivity contribution in [3.63, 3.8) is 0 Å². The van der Waals surface area contributed by atoms with Crippen LogP contribution in [0.3, 0.4) is 0 Å². The van der Waals surface area contributed by atoms with Crippen LogP contribution >= 0.6 is 0 Å². The third kappa shape index (κ3) is 7.51. The van der Waals surface area contributed by atoms with Gasteiger partial charge in [-0.1, -0.05) is 0 Å². The van der Waals surface area contributed by atoms with Crippen molar-refractivity contribution in [1.82, 2.24) is 0 Å². The maximum absolute atomic E-state index is 11.6. The summed E-state index contributed by atoms with van der Waals surface area (Å²) < 4.78 is 31.2. The van der Waals surface area contributed by atoms with E-state index >= 15 is 0 Å². The molecule has 0 aromatic carbocycles. The summed E-state index contributed by atoms with van der Waals surface area (Å²) in [4.78, 5) is 57.1. The SMILES string of the molecule is CC(=O)OC[C@H](OC(C)=O)C1OCC(OC(C)=O)C(OC(C)=O)C1OC(C)=O. The summed E-state index contributed by atoms with van der Waals surface area (Å²) in [5.41, 5.74) is 0. The molecule has 0 spiro atoms. The normalized spacial score (nSPS) is 25.0. The third-order valence-corrected chi connectivity index (χ3v) is 3.52. The minimum Gasteiger partial charge on any atom is -0.462 e. The van der Waals surface area contributed by atoms with Gasteiger partial charge >= 0.3 is 29.8 Å². The first-order valence-electron chi connectivity index (χ1n) is 8.45. The summed E-state index contributed by atoms with van der Waals surface area (Å²) in [7, 11) is 0. The van der Waals surface area contributed by atoms with Crippen LogP contribution < -0.4 is 0 Å². The highest BCUT2D eigenvalue weighted by Crippen LogP contribution is 2.27. The summed E-state index contributed by atoms with van der Waals surface area (Å²) in [6, 6.07) is 0. The fourth-order valence-corrected chi connectivity index (χ4v) is 2.70. The van der Waals surface area contributed by atoms with Crippen LogP contribution in [-0.2, 0) is 52.4 Å². The molecule has 1 saturated heterocycles. The minimum atomic E-state index is -1.29. The van der Waals surface area contributed by atoms with Crippen LogP contribution in [0.5, 0.6) is 0 Å². The van der Waals surface area contributed by atoms with Crippen molar-refractivity contribution in [2.24, 2.45) is 0 Å². The second-order valence-corrected chi connectivity index (χ2v) is 6.04. The van der Waals surface area contributed by atoms with E-state index in [9.17, 15) is 24.0 Å². The molecule has 0 aromatic heterocycles. The lowest BCUT2D eigenvalue weighted by Crippen LogP contribution is -2.61. The van der Waals surface area contributed by atoms with Crippen LogP contribution in [0.15, 0.2) is 0 Å². The lowest BCUT2D eigenvalue weighted by atomic mass is 9.95. The Morgan fingerprint density at radius 3 is 1.79 bits per heavy atom. The van der Waals surface area contributed by atoms with Gasteiger partial charge in [-0.3, -0.25) is 24.0 Å². The Labute approximate surface area is 161 Å². The molecule has 1 heterocycles. The Balaban J connectivity index is 3.22. The first-order chi connectivity index (χ1) is 13.0. The Bertz CT molecular complexity index is 614. The van der Waals surface area contributed by atoms with Crippen LogP contribution in [0, 0.1) is 0 Å². The number of ether oxygens (including phenoxy) is 6. The molecule has 11 heteroatoms. The zero-order chi connectivity index (χ0) is 21.4. The summed E-state index contributed by atoms with van der Waals surface area (Å²) >= 11 is 0. The van der Waals surface area contributed by atoms with E-state index < -0.39 is 60.4 Å². The van der Waals surface area contributed by atoms with Gasteiger partial charge in [0.1, 0.15) is 12.7 Å². The van der Waals surface area contributed by atoms with Gasteiger partial charge in [0.05, 0.1) is 6.61 Å². The van der Waals surface area contributed by atoms with Crippen molar-refractivity contribution in [3.8, 4) is 0 Å². The second kappa shape index (κ2) is 10.6. The van der Waals surface area contributed by atoms with Gasteiger partial charge in [-0.25, -0.2) is 0 Å². The largest absolute Gasteiger partial charge is 0.462 e. The number of carbonyl (C=O) groups excluding carboxylic acids is 5. The maximum atomic E-state index is 11.6. The lowest BCUT2D eigenvalue weighted by Gasteiger charge is -2.42. The zero-order valence-electron chi connectivity index (χ0n) is 16.3. The predicted octanol–water partition coefficient (Wildman–Crippen LogP) is -0.325. The number of hydrogen-bond acceptors (Lipinski definition) is 11. The molecule has 0 N–H and O–H groups in total. The van der Waals surface area contributed by atoms with E-state index in [0.717, 1.165) is 34.6 Å². The predicted molar refractivity (Wildman–Crippen MR) is 88.6 cm³/mol. The molecule has 0 aliphatic carbocycles. The van der Waals surface area contributed by atoms with Crippen LogP contribution in [0.25, 0.3) is 0 Å². The Hall–Kier alpha value is -2.69. The molecule has 0 bridgehead atoms. The Morgan fingerprint density at radius 2 is 1.32 bits per heavy atom. The van der Waals surface area contributed by atoms with Gasteiger partial charge < -0.3 is 28.4 Å². The molecule has 11 nitrogen and oxygen atoms in total. The number of carbonyl (C=O) groups is 5. The van der Waals surface area contributed by atoms with E-state index in [4.69, 9.17) is 28.4 Å². The molecule has 0 aromatic rings. The monoisotopic (exact) mass is 404 g/mol. The lowest BCUT2D eigenvalue weighted by molar-refractivity contribution is -0.244. The van der Waals surface area contributed by atoms with Crippen molar-refractivity contribution < 1.29 is 52.4 Å². The highest BCUT2D eigenvalue weighted by Gasteiger charge is 2.50. The summed E-state index contributed by atoms with van der Waals surface area (Å²) in [5.74, 6) is -3.46. The summed E-state index contributed by atoms with van der Waals surface area (Å²) in [6.45, 7) is 5.07. The van der Waals surface area contributed by atoms with E-state index in [0.29, 0.717) is 0 Å². The van der Waals surface area contributed by atoms with Gasteiger partial charge in [0, 0.05) is 34.6 Å². The zero-order valence-corrected chi connectivity index (χ0v) is 16.3. The number of rotatable bonds is 7. The van der Waals surface area contributed by atoms with Crippen LogP contribution in [0.4, 0.5) is 0 Å². The quantitative estimate of drug-likeness (QED) is 0.407. The third-order valence-electron chi connectivity index (χ3n) is 3.52. The second-order valence-electron chi connectivity index (χ2n) is 6.04. The number of hydrogen-bond donors (Lipinski definition) is 0. The van der Waals surface area contributed by atoms with Gasteiger partial charge in [-0.05, 0) is 0 Å². The summed E-state index contributed by atoms with van der Waals surface area (Å²) in [5, 5.41) is 0. The average Bonchev–Trinajstić information content (AvgIpc) is 2.53. The fraction of sp³-hybridized carbons (Fsp3) is 0.706. The first kappa shape index (κ1) is 23.3. The van der Waals surface area contributed by atoms with Gasteiger partial charge in [0.2, 0.25) is 0 Å². The standard InChI is InChI=1S/C17H24O11/c1-8(18)23-6-13(25-9(2)19)15-17(28-12(5)22)16(27-11(4)21)14(7-24-15)26-10(3)20/h13-17H,6-7H2,1-5H3/t13-,14?,15?,16?,17?/m0/s1. The Morgan fingerprint density at radius 1 is 0.786 bits per heavy atom. The molecule has 1 rings (SSSR count). The highest BCUT2D eigenvalue weighted by atomic mass is 16.7. The van der Waals surface area contributed by atoms with E-state index in [1.165, 1.54) is 0 Å². The van der Waals surface area contributed by atoms with Crippen molar-refractivity contribution in [3.05, 3.63) is 0 Å². The smallest absolute Gasteiger partial charge is 0.303 e. The molecule has 5 atom stereocenters.